The van der Waals surface area contributed by atoms with Gasteiger partial charge in [-0.1, -0.05) is 13.8 Å². The number of nitrogens with one attached hydrogen (secondary N) is 1. The molecule has 7 nitrogen and oxygen atoms in total. The first-order chi connectivity index (χ1) is 14.0. The fraction of sp³-hybridized carbons (Fsp3) is 0.955. The standard InChI is InChI=1S/C22H45N5O2/c1-6-23-22(27-10-8-20(9-11-27)29-17-7-16-28-5)24-18-21(19(2)3)26-14-12-25(4)13-15-26/h19-21H,6-18H2,1-5H3,(H,23,24). The molecule has 29 heavy (non-hydrogen) atoms. The van der Waals surface area contributed by atoms with Crippen LogP contribution in [0.25, 0.3) is 0 Å². The Kier molecular flexibility index (Phi) is 11.3. The number of guanidine groups is 1. The van der Waals surface area contributed by atoms with Gasteiger partial charge in [0.2, 0.25) is 0 Å². The number of aliphatic imine (C=N–C) groups is 1. The van der Waals surface area contributed by atoms with Crippen molar-refractivity contribution < 1.29 is 9.47 Å². The lowest BCUT2D eigenvalue weighted by Gasteiger charge is -2.39. The minimum Gasteiger partial charge on any atom is -0.385 e. The molecule has 0 aromatic rings. The summed E-state index contributed by atoms with van der Waals surface area (Å²) in [5.41, 5.74) is 0. The third kappa shape index (κ3) is 8.40. The third-order valence-electron chi connectivity index (χ3n) is 6.13. The Morgan fingerprint density at radius 3 is 2.34 bits per heavy atom. The molecule has 2 aliphatic rings. The molecule has 0 aromatic carbocycles. The molecule has 0 aliphatic carbocycles. The highest BCUT2D eigenvalue weighted by Gasteiger charge is 2.26. The Bertz CT molecular complexity index is 458. The maximum atomic E-state index is 6.01. The fourth-order valence-corrected chi connectivity index (χ4v) is 4.19. The second-order valence-corrected chi connectivity index (χ2v) is 8.75. The minimum atomic E-state index is 0.375. The van der Waals surface area contributed by atoms with Gasteiger partial charge >= 0.3 is 0 Å². The summed E-state index contributed by atoms with van der Waals surface area (Å²) in [6.07, 6.45) is 3.50. The summed E-state index contributed by atoms with van der Waals surface area (Å²) in [4.78, 5) is 12.6. The Labute approximate surface area is 178 Å². The first-order valence-corrected chi connectivity index (χ1v) is 11.6. The molecule has 0 bridgehead atoms. The molecule has 2 saturated heterocycles. The predicted molar refractivity (Wildman–Crippen MR) is 121 cm³/mol. The van der Waals surface area contributed by atoms with Crippen LogP contribution in [0.4, 0.5) is 0 Å². The van der Waals surface area contributed by atoms with Crippen molar-refractivity contribution in [3.63, 3.8) is 0 Å². The zero-order valence-electron chi connectivity index (χ0n) is 19.5. The predicted octanol–water partition coefficient (Wildman–Crippen LogP) is 1.74. The van der Waals surface area contributed by atoms with Gasteiger partial charge in [0.05, 0.1) is 12.6 Å². The van der Waals surface area contributed by atoms with Crippen molar-refractivity contribution in [1.29, 1.82) is 0 Å². The Morgan fingerprint density at radius 2 is 1.76 bits per heavy atom. The minimum absolute atomic E-state index is 0.375. The first-order valence-electron chi connectivity index (χ1n) is 11.6. The van der Waals surface area contributed by atoms with Gasteiger partial charge < -0.3 is 24.6 Å². The van der Waals surface area contributed by atoms with Gasteiger partial charge in [0.15, 0.2) is 5.96 Å². The number of likely N-dealkylation sites (N-methyl/N-ethyl adjacent to an activating group) is 1. The summed E-state index contributed by atoms with van der Waals surface area (Å²) in [7, 11) is 3.96. The van der Waals surface area contributed by atoms with Crippen molar-refractivity contribution in [1.82, 2.24) is 20.0 Å². The molecular weight excluding hydrogens is 366 g/mol. The van der Waals surface area contributed by atoms with Crippen LogP contribution in [0.3, 0.4) is 0 Å². The van der Waals surface area contributed by atoms with E-state index in [0.717, 1.165) is 90.8 Å². The van der Waals surface area contributed by atoms with Gasteiger partial charge in [-0.3, -0.25) is 9.89 Å². The van der Waals surface area contributed by atoms with Crippen molar-refractivity contribution in [2.24, 2.45) is 10.9 Å². The number of likely N-dealkylation sites (tertiary alicyclic amines) is 1. The number of hydrogen-bond donors (Lipinski definition) is 1. The van der Waals surface area contributed by atoms with E-state index >= 15 is 0 Å². The molecule has 1 N–H and O–H groups in total. The molecule has 2 rings (SSSR count). The molecule has 170 valence electrons. The molecule has 0 saturated carbocycles. The second-order valence-electron chi connectivity index (χ2n) is 8.75. The molecule has 7 heteroatoms. The van der Waals surface area contributed by atoms with Crippen LogP contribution in [0.1, 0.15) is 40.0 Å². The summed E-state index contributed by atoms with van der Waals surface area (Å²) in [5.74, 6) is 1.68. The number of rotatable bonds is 10. The van der Waals surface area contributed by atoms with E-state index in [9.17, 15) is 0 Å². The van der Waals surface area contributed by atoms with Crippen LogP contribution >= 0.6 is 0 Å². The van der Waals surface area contributed by atoms with Gasteiger partial charge in [0.25, 0.3) is 0 Å². The van der Waals surface area contributed by atoms with Crippen molar-refractivity contribution in [2.75, 3.05) is 79.7 Å². The molecule has 0 radical (unpaired) electrons. The molecule has 2 aliphatic heterocycles. The topological polar surface area (TPSA) is 52.6 Å². The smallest absolute Gasteiger partial charge is 0.193 e. The number of piperidine rings is 1. The van der Waals surface area contributed by atoms with Gasteiger partial charge in [-0.15, -0.1) is 0 Å². The van der Waals surface area contributed by atoms with Gasteiger partial charge in [0, 0.05) is 72.2 Å². The average molecular weight is 412 g/mol. The molecule has 1 unspecified atom stereocenters. The lowest BCUT2D eigenvalue weighted by Crippen LogP contribution is -2.52. The molecule has 2 heterocycles. The molecule has 0 spiro atoms. The highest BCUT2D eigenvalue weighted by Crippen LogP contribution is 2.16. The normalized spacial score (nSPS) is 21.7. The van der Waals surface area contributed by atoms with Crippen LogP contribution < -0.4 is 5.32 Å². The lowest BCUT2D eigenvalue weighted by atomic mass is 10.0. The number of nitrogens with zero attached hydrogens (tertiary/aromatic N) is 4. The SMILES string of the molecule is CCNC(=NCC(C(C)C)N1CCN(C)CC1)N1CCC(OCCCOC)CC1. The van der Waals surface area contributed by atoms with E-state index in [1.54, 1.807) is 7.11 Å². The van der Waals surface area contributed by atoms with Gasteiger partial charge in [-0.25, -0.2) is 0 Å². The monoisotopic (exact) mass is 411 g/mol. The largest absolute Gasteiger partial charge is 0.385 e. The Morgan fingerprint density at radius 1 is 1.07 bits per heavy atom. The Balaban J connectivity index is 1.86. The highest BCUT2D eigenvalue weighted by molar-refractivity contribution is 5.80. The fourth-order valence-electron chi connectivity index (χ4n) is 4.19. The maximum Gasteiger partial charge on any atom is 0.193 e. The van der Waals surface area contributed by atoms with Gasteiger partial charge in [-0.05, 0) is 39.2 Å². The average Bonchev–Trinajstić information content (AvgIpc) is 2.72. The van der Waals surface area contributed by atoms with Crippen LogP contribution in [0.15, 0.2) is 4.99 Å². The van der Waals surface area contributed by atoms with E-state index in [1.807, 2.05) is 0 Å². The van der Waals surface area contributed by atoms with Crippen LogP contribution in [0.5, 0.6) is 0 Å². The van der Waals surface area contributed by atoms with E-state index in [-0.39, 0.29) is 0 Å². The summed E-state index contributed by atoms with van der Waals surface area (Å²) in [5, 5.41) is 3.52. The zero-order valence-corrected chi connectivity index (χ0v) is 19.5. The van der Waals surface area contributed by atoms with Crippen molar-refractivity contribution in [3.05, 3.63) is 0 Å². The van der Waals surface area contributed by atoms with Crippen LogP contribution in [0, 0.1) is 5.92 Å². The second kappa shape index (κ2) is 13.4. The molecule has 0 amide bonds. The van der Waals surface area contributed by atoms with Crippen molar-refractivity contribution in [2.45, 2.75) is 52.2 Å². The summed E-state index contributed by atoms with van der Waals surface area (Å²) in [6.45, 7) is 16.8. The lowest BCUT2D eigenvalue weighted by molar-refractivity contribution is 0.00986. The third-order valence-corrected chi connectivity index (χ3v) is 6.13. The maximum absolute atomic E-state index is 6.01. The van der Waals surface area contributed by atoms with Crippen molar-refractivity contribution in [3.8, 4) is 0 Å². The number of methoxy groups -OCH3 is 1. The first kappa shape index (κ1) is 24.4. The van der Waals surface area contributed by atoms with E-state index in [0.29, 0.717) is 18.1 Å². The van der Waals surface area contributed by atoms with E-state index in [2.05, 4.69) is 47.8 Å². The van der Waals surface area contributed by atoms with Crippen molar-refractivity contribution >= 4 is 5.96 Å². The molecule has 0 aromatic heterocycles. The van der Waals surface area contributed by atoms with Crippen LogP contribution in [-0.4, -0.2) is 113 Å². The molecule has 2 fully saturated rings. The summed E-state index contributed by atoms with van der Waals surface area (Å²) in [6, 6.07) is 0.513. The number of hydrogen-bond acceptors (Lipinski definition) is 5. The van der Waals surface area contributed by atoms with Gasteiger partial charge in [0.1, 0.15) is 0 Å². The zero-order chi connectivity index (χ0) is 21.1. The number of ether oxygens (including phenoxy) is 2. The summed E-state index contributed by atoms with van der Waals surface area (Å²) < 4.78 is 11.1. The van der Waals surface area contributed by atoms with E-state index in [4.69, 9.17) is 14.5 Å². The highest BCUT2D eigenvalue weighted by atomic mass is 16.5. The van der Waals surface area contributed by atoms with Crippen LogP contribution in [0.2, 0.25) is 0 Å². The van der Waals surface area contributed by atoms with E-state index in [1.165, 1.54) is 0 Å². The molecular formula is C22H45N5O2. The Hall–Kier alpha value is -0.890. The molecule has 1 atom stereocenters. The number of piperazine rings is 1. The quantitative estimate of drug-likeness (QED) is 0.336. The van der Waals surface area contributed by atoms with E-state index < -0.39 is 0 Å². The summed E-state index contributed by atoms with van der Waals surface area (Å²) >= 11 is 0. The van der Waals surface area contributed by atoms with Gasteiger partial charge in [-0.2, -0.15) is 0 Å². The van der Waals surface area contributed by atoms with Crippen LogP contribution in [-0.2, 0) is 9.47 Å².